The highest BCUT2D eigenvalue weighted by Crippen LogP contribution is 2.50. The standard InChI is InChI=1S/C15H23NO/c1-2-12-4-6-13(7-5-12)14(10-16)15(11-17)8-3-9-15/h4-7,14,17H,2-3,8-11,16H2,1H3/t14-/m0/s1. The molecule has 0 amide bonds. The molecule has 2 nitrogen and oxygen atoms in total. The van der Waals surface area contributed by atoms with Gasteiger partial charge in [0, 0.05) is 17.9 Å². The smallest absolute Gasteiger partial charge is 0.0493 e. The second kappa shape index (κ2) is 5.19. The molecular formula is C15H23NO. The van der Waals surface area contributed by atoms with Gasteiger partial charge < -0.3 is 10.8 Å². The van der Waals surface area contributed by atoms with Gasteiger partial charge in [0.05, 0.1) is 0 Å². The molecule has 0 unspecified atom stereocenters. The van der Waals surface area contributed by atoms with E-state index in [1.54, 1.807) is 0 Å². The number of aliphatic hydroxyl groups is 1. The molecule has 0 bridgehead atoms. The van der Waals surface area contributed by atoms with Gasteiger partial charge in [-0.3, -0.25) is 0 Å². The fraction of sp³-hybridized carbons (Fsp3) is 0.600. The monoisotopic (exact) mass is 233 g/mol. The molecule has 0 aliphatic heterocycles. The molecule has 17 heavy (non-hydrogen) atoms. The molecule has 94 valence electrons. The maximum Gasteiger partial charge on any atom is 0.0493 e. The van der Waals surface area contributed by atoms with E-state index >= 15 is 0 Å². The molecule has 3 N–H and O–H groups in total. The van der Waals surface area contributed by atoms with E-state index < -0.39 is 0 Å². The van der Waals surface area contributed by atoms with Gasteiger partial charge in [-0.2, -0.15) is 0 Å². The zero-order valence-corrected chi connectivity index (χ0v) is 10.7. The van der Waals surface area contributed by atoms with Gasteiger partial charge in [-0.1, -0.05) is 37.6 Å². The van der Waals surface area contributed by atoms with Crippen LogP contribution in [0.15, 0.2) is 24.3 Å². The lowest BCUT2D eigenvalue weighted by Crippen LogP contribution is -2.42. The van der Waals surface area contributed by atoms with Crippen LogP contribution in [0, 0.1) is 5.41 Å². The molecule has 0 spiro atoms. The van der Waals surface area contributed by atoms with Gasteiger partial charge in [0.2, 0.25) is 0 Å². The Morgan fingerprint density at radius 3 is 2.29 bits per heavy atom. The number of rotatable bonds is 5. The highest BCUT2D eigenvalue weighted by molar-refractivity contribution is 5.28. The largest absolute Gasteiger partial charge is 0.396 e. The zero-order chi connectivity index (χ0) is 12.3. The highest BCUT2D eigenvalue weighted by atomic mass is 16.3. The van der Waals surface area contributed by atoms with Crippen molar-refractivity contribution in [3.8, 4) is 0 Å². The molecule has 2 rings (SSSR count). The number of nitrogens with two attached hydrogens (primary N) is 1. The summed E-state index contributed by atoms with van der Waals surface area (Å²) in [6.07, 6.45) is 4.52. The number of benzene rings is 1. The van der Waals surface area contributed by atoms with Crippen molar-refractivity contribution in [2.45, 2.75) is 38.5 Å². The van der Waals surface area contributed by atoms with Gasteiger partial charge in [0.1, 0.15) is 0 Å². The van der Waals surface area contributed by atoms with Gasteiger partial charge in [-0.25, -0.2) is 0 Å². The molecule has 0 aromatic heterocycles. The van der Waals surface area contributed by atoms with Crippen LogP contribution >= 0.6 is 0 Å². The van der Waals surface area contributed by atoms with Crippen LogP contribution in [-0.2, 0) is 6.42 Å². The van der Waals surface area contributed by atoms with Crippen LogP contribution < -0.4 is 5.73 Å². The molecule has 1 aromatic carbocycles. The minimum atomic E-state index is 0.0580. The average molecular weight is 233 g/mol. The number of hydrogen-bond donors (Lipinski definition) is 2. The van der Waals surface area contributed by atoms with Crippen LogP contribution in [0.1, 0.15) is 43.2 Å². The van der Waals surface area contributed by atoms with Gasteiger partial charge in [0.25, 0.3) is 0 Å². The van der Waals surface area contributed by atoms with Crippen molar-refractivity contribution in [2.75, 3.05) is 13.2 Å². The zero-order valence-electron chi connectivity index (χ0n) is 10.7. The van der Waals surface area contributed by atoms with E-state index in [1.807, 2.05) is 0 Å². The van der Waals surface area contributed by atoms with Gasteiger partial charge in [-0.15, -0.1) is 0 Å². The van der Waals surface area contributed by atoms with Crippen LogP contribution in [0.3, 0.4) is 0 Å². The van der Waals surface area contributed by atoms with Crippen LogP contribution in [-0.4, -0.2) is 18.3 Å². The van der Waals surface area contributed by atoms with Crippen molar-refractivity contribution in [1.29, 1.82) is 0 Å². The van der Waals surface area contributed by atoms with Crippen molar-refractivity contribution in [3.05, 3.63) is 35.4 Å². The quantitative estimate of drug-likeness (QED) is 0.820. The summed E-state index contributed by atoms with van der Waals surface area (Å²) in [5, 5.41) is 9.64. The summed E-state index contributed by atoms with van der Waals surface area (Å²) in [5.41, 5.74) is 8.64. The Morgan fingerprint density at radius 2 is 1.94 bits per heavy atom. The lowest BCUT2D eigenvalue weighted by molar-refractivity contribution is 0.0192. The molecule has 1 aliphatic carbocycles. The Hall–Kier alpha value is -0.860. The van der Waals surface area contributed by atoms with Gasteiger partial charge >= 0.3 is 0 Å². The van der Waals surface area contributed by atoms with E-state index in [9.17, 15) is 5.11 Å². The van der Waals surface area contributed by atoms with Crippen molar-refractivity contribution in [3.63, 3.8) is 0 Å². The fourth-order valence-electron chi connectivity index (χ4n) is 2.97. The van der Waals surface area contributed by atoms with E-state index in [1.165, 1.54) is 17.5 Å². The Labute approximate surface area is 104 Å². The van der Waals surface area contributed by atoms with Crippen LogP contribution in [0.25, 0.3) is 0 Å². The third-order valence-corrected chi connectivity index (χ3v) is 4.43. The molecular weight excluding hydrogens is 210 g/mol. The van der Waals surface area contributed by atoms with E-state index in [0.717, 1.165) is 19.3 Å². The molecule has 0 saturated heterocycles. The van der Waals surface area contributed by atoms with Crippen molar-refractivity contribution < 1.29 is 5.11 Å². The number of hydrogen-bond acceptors (Lipinski definition) is 2. The predicted molar refractivity (Wildman–Crippen MR) is 71.0 cm³/mol. The van der Waals surface area contributed by atoms with Gasteiger partial charge in [0.15, 0.2) is 0 Å². The Bertz CT molecular complexity index is 348. The normalized spacial score (nSPS) is 19.7. The maximum atomic E-state index is 9.64. The first-order chi connectivity index (χ1) is 8.25. The third-order valence-electron chi connectivity index (χ3n) is 4.43. The van der Waals surface area contributed by atoms with Crippen LogP contribution in [0.2, 0.25) is 0 Å². The summed E-state index contributed by atoms with van der Waals surface area (Å²) in [4.78, 5) is 0. The minimum absolute atomic E-state index is 0.0580. The Kier molecular flexibility index (Phi) is 3.85. The van der Waals surface area contributed by atoms with Crippen LogP contribution in [0.4, 0.5) is 0 Å². The third kappa shape index (κ3) is 2.24. The molecule has 2 heteroatoms. The average Bonchev–Trinajstić information content (AvgIpc) is 2.34. The second-order valence-corrected chi connectivity index (χ2v) is 5.26. The molecule has 1 aromatic rings. The van der Waals surface area contributed by atoms with E-state index in [4.69, 9.17) is 5.73 Å². The summed E-state index contributed by atoms with van der Waals surface area (Å²) in [5.74, 6) is 0.312. The number of aryl methyl sites for hydroxylation is 1. The summed E-state index contributed by atoms with van der Waals surface area (Å²) in [6, 6.07) is 8.74. The first-order valence-electron chi connectivity index (χ1n) is 6.65. The predicted octanol–water partition coefficient (Wildman–Crippen LogP) is 2.45. The molecule has 1 atom stereocenters. The summed E-state index contributed by atoms with van der Waals surface area (Å²) in [6.45, 7) is 3.06. The topological polar surface area (TPSA) is 46.2 Å². The van der Waals surface area contributed by atoms with E-state index in [0.29, 0.717) is 12.5 Å². The first-order valence-corrected chi connectivity index (χ1v) is 6.65. The summed E-state index contributed by atoms with van der Waals surface area (Å²) in [7, 11) is 0. The summed E-state index contributed by atoms with van der Waals surface area (Å²) < 4.78 is 0. The lowest BCUT2D eigenvalue weighted by atomic mass is 9.59. The number of aliphatic hydroxyl groups excluding tert-OH is 1. The second-order valence-electron chi connectivity index (χ2n) is 5.26. The molecule has 1 fully saturated rings. The summed E-state index contributed by atoms with van der Waals surface area (Å²) >= 11 is 0. The first kappa shape index (κ1) is 12.6. The highest BCUT2D eigenvalue weighted by Gasteiger charge is 2.43. The molecule has 1 saturated carbocycles. The Morgan fingerprint density at radius 1 is 1.29 bits per heavy atom. The van der Waals surface area contributed by atoms with Gasteiger partial charge in [-0.05, 0) is 36.9 Å². The Balaban J connectivity index is 2.22. The van der Waals surface area contributed by atoms with Crippen molar-refractivity contribution >= 4 is 0 Å². The molecule has 0 heterocycles. The molecule has 1 aliphatic rings. The lowest BCUT2D eigenvalue weighted by Gasteiger charge is -2.46. The SMILES string of the molecule is CCc1ccc([C@H](CN)C2(CO)CCC2)cc1. The maximum absolute atomic E-state index is 9.64. The van der Waals surface area contributed by atoms with Crippen molar-refractivity contribution in [2.24, 2.45) is 11.1 Å². The van der Waals surface area contributed by atoms with E-state index in [-0.39, 0.29) is 12.0 Å². The van der Waals surface area contributed by atoms with Crippen LogP contribution in [0.5, 0.6) is 0 Å². The minimum Gasteiger partial charge on any atom is -0.396 e. The van der Waals surface area contributed by atoms with Crippen molar-refractivity contribution in [1.82, 2.24) is 0 Å². The van der Waals surface area contributed by atoms with E-state index in [2.05, 4.69) is 31.2 Å². The molecule has 0 radical (unpaired) electrons. The fourth-order valence-corrected chi connectivity index (χ4v) is 2.97.